The Hall–Kier alpha value is -0.860. The third-order valence-corrected chi connectivity index (χ3v) is 3.48. The second-order valence-corrected chi connectivity index (χ2v) is 4.86. The molecule has 1 rings (SSSR count). The molecule has 0 aliphatic carbocycles. The Labute approximate surface area is 105 Å². The van der Waals surface area contributed by atoms with Crippen molar-refractivity contribution in [3.63, 3.8) is 0 Å². The van der Waals surface area contributed by atoms with E-state index in [2.05, 4.69) is 12.1 Å². The van der Waals surface area contributed by atoms with Gasteiger partial charge in [0.15, 0.2) is 0 Å². The van der Waals surface area contributed by atoms with Crippen molar-refractivity contribution in [1.82, 2.24) is 0 Å². The first-order valence-corrected chi connectivity index (χ1v) is 6.33. The molecule has 0 aliphatic heterocycles. The van der Waals surface area contributed by atoms with Gasteiger partial charge in [0.2, 0.25) is 0 Å². The molecule has 0 saturated carbocycles. The fraction of sp³-hybridized carbons (Fsp3) is 0.600. The zero-order valence-electron chi connectivity index (χ0n) is 11.6. The van der Waals surface area contributed by atoms with Crippen molar-refractivity contribution in [2.75, 3.05) is 6.61 Å². The number of aryl methyl sites for hydroxylation is 2. The molecule has 0 saturated heterocycles. The van der Waals surface area contributed by atoms with E-state index in [0.717, 1.165) is 17.5 Å². The summed E-state index contributed by atoms with van der Waals surface area (Å²) in [5.74, 6) is 0. The highest BCUT2D eigenvalue weighted by Crippen LogP contribution is 2.34. The molecule has 0 spiro atoms. The molecule has 0 amide bonds. The van der Waals surface area contributed by atoms with Crippen LogP contribution < -0.4 is 0 Å². The van der Waals surface area contributed by atoms with Crippen LogP contribution in [0.5, 0.6) is 0 Å². The molecule has 17 heavy (non-hydrogen) atoms. The summed E-state index contributed by atoms with van der Waals surface area (Å²) in [6.45, 7) is 10.7. The zero-order chi connectivity index (χ0) is 13.1. The molecule has 1 aromatic rings. The summed E-state index contributed by atoms with van der Waals surface area (Å²) >= 11 is 0. The summed E-state index contributed by atoms with van der Waals surface area (Å²) in [6, 6.07) is 6.17. The maximum Gasteiger partial charge on any atom is 0.108 e. The molecule has 0 aliphatic rings. The molecule has 2 nitrogen and oxygen atoms in total. The maximum absolute atomic E-state index is 10.6. The number of hydrogen-bond donors (Lipinski definition) is 1. The maximum atomic E-state index is 10.6. The first kappa shape index (κ1) is 14.2. The van der Waals surface area contributed by atoms with Gasteiger partial charge in [-0.15, -0.1) is 0 Å². The molecular weight excluding hydrogens is 212 g/mol. The average Bonchev–Trinajstić information content (AvgIpc) is 2.31. The standard InChI is InChI=1S/C15H24O2/c1-6-15(5,17-7-2)14(16)13-10-11(3)8-9-12(13)4/h8-10,14,16H,6-7H2,1-5H3. The van der Waals surface area contributed by atoms with Crippen LogP contribution >= 0.6 is 0 Å². The molecule has 2 heteroatoms. The Morgan fingerprint density at radius 3 is 2.47 bits per heavy atom. The highest BCUT2D eigenvalue weighted by atomic mass is 16.5. The third kappa shape index (κ3) is 3.08. The monoisotopic (exact) mass is 236 g/mol. The third-order valence-electron chi connectivity index (χ3n) is 3.48. The van der Waals surface area contributed by atoms with Crippen LogP contribution in [-0.4, -0.2) is 17.3 Å². The molecule has 1 aromatic carbocycles. The molecule has 96 valence electrons. The Balaban J connectivity index is 3.09. The molecule has 0 radical (unpaired) electrons. The lowest BCUT2D eigenvalue weighted by Gasteiger charge is -2.34. The topological polar surface area (TPSA) is 29.5 Å². The van der Waals surface area contributed by atoms with Gasteiger partial charge in [-0.25, -0.2) is 0 Å². The summed E-state index contributed by atoms with van der Waals surface area (Å²) in [5.41, 5.74) is 2.75. The van der Waals surface area contributed by atoms with E-state index in [9.17, 15) is 5.11 Å². The number of ether oxygens (including phenoxy) is 1. The van der Waals surface area contributed by atoms with E-state index >= 15 is 0 Å². The minimum atomic E-state index is -0.577. The van der Waals surface area contributed by atoms with E-state index in [1.807, 2.05) is 40.7 Å². The first-order chi connectivity index (χ1) is 7.94. The molecule has 1 N–H and O–H groups in total. The van der Waals surface area contributed by atoms with Crippen molar-refractivity contribution in [3.8, 4) is 0 Å². The van der Waals surface area contributed by atoms with Gasteiger partial charge in [-0.2, -0.15) is 0 Å². The summed E-state index contributed by atoms with van der Waals surface area (Å²) in [5, 5.41) is 10.6. The minimum Gasteiger partial charge on any atom is -0.385 e. The Morgan fingerprint density at radius 1 is 1.29 bits per heavy atom. The first-order valence-electron chi connectivity index (χ1n) is 6.33. The number of rotatable bonds is 5. The predicted octanol–water partition coefficient (Wildman–Crippen LogP) is 3.54. The molecule has 0 heterocycles. The highest BCUT2D eigenvalue weighted by molar-refractivity contribution is 5.33. The van der Waals surface area contributed by atoms with Crippen LogP contribution in [0, 0.1) is 13.8 Å². The highest BCUT2D eigenvalue weighted by Gasteiger charge is 2.33. The van der Waals surface area contributed by atoms with Gasteiger partial charge in [0.1, 0.15) is 6.10 Å². The summed E-state index contributed by atoms with van der Waals surface area (Å²) in [4.78, 5) is 0. The van der Waals surface area contributed by atoms with Crippen LogP contribution in [0.1, 0.15) is 50.0 Å². The van der Waals surface area contributed by atoms with E-state index in [4.69, 9.17) is 4.74 Å². The normalized spacial score (nSPS) is 16.6. The van der Waals surface area contributed by atoms with E-state index in [1.165, 1.54) is 5.56 Å². The predicted molar refractivity (Wildman–Crippen MR) is 71.2 cm³/mol. The average molecular weight is 236 g/mol. The Morgan fingerprint density at radius 2 is 1.94 bits per heavy atom. The van der Waals surface area contributed by atoms with Gasteiger partial charge in [0, 0.05) is 6.61 Å². The zero-order valence-corrected chi connectivity index (χ0v) is 11.6. The van der Waals surface area contributed by atoms with Crippen molar-refractivity contribution < 1.29 is 9.84 Å². The molecule has 0 aromatic heterocycles. The van der Waals surface area contributed by atoms with E-state index in [-0.39, 0.29) is 0 Å². The Bertz CT molecular complexity index is 373. The van der Waals surface area contributed by atoms with E-state index in [1.54, 1.807) is 0 Å². The molecule has 2 unspecified atom stereocenters. The Kier molecular flexibility index (Phi) is 4.72. The van der Waals surface area contributed by atoms with Crippen LogP contribution in [0.15, 0.2) is 18.2 Å². The van der Waals surface area contributed by atoms with Crippen LogP contribution in [0.4, 0.5) is 0 Å². The lowest BCUT2D eigenvalue weighted by atomic mass is 9.87. The number of benzene rings is 1. The second kappa shape index (κ2) is 5.65. The second-order valence-electron chi connectivity index (χ2n) is 4.86. The molecule has 2 atom stereocenters. The number of hydrogen-bond acceptors (Lipinski definition) is 2. The smallest absolute Gasteiger partial charge is 0.108 e. The van der Waals surface area contributed by atoms with Gasteiger partial charge in [-0.05, 0) is 45.2 Å². The van der Waals surface area contributed by atoms with Crippen LogP contribution in [0.2, 0.25) is 0 Å². The van der Waals surface area contributed by atoms with Crippen LogP contribution in [0.3, 0.4) is 0 Å². The molecule has 0 fully saturated rings. The van der Waals surface area contributed by atoms with Crippen LogP contribution in [0.25, 0.3) is 0 Å². The lowest BCUT2D eigenvalue weighted by molar-refractivity contribution is -0.113. The van der Waals surface area contributed by atoms with Crippen molar-refractivity contribution in [2.24, 2.45) is 0 Å². The summed E-state index contributed by atoms with van der Waals surface area (Å²) in [6.07, 6.45) is 0.211. The summed E-state index contributed by atoms with van der Waals surface area (Å²) < 4.78 is 5.74. The SMILES string of the molecule is CCOC(C)(CC)C(O)c1cc(C)ccc1C. The number of aliphatic hydroxyl groups is 1. The van der Waals surface area contributed by atoms with Crippen LogP contribution in [-0.2, 0) is 4.74 Å². The van der Waals surface area contributed by atoms with Crippen molar-refractivity contribution >= 4 is 0 Å². The van der Waals surface area contributed by atoms with Gasteiger partial charge in [0.25, 0.3) is 0 Å². The van der Waals surface area contributed by atoms with E-state index < -0.39 is 11.7 Å². The van der Waals surface area contributed by atoms with E-state index in [0.29, 0.717) is 6.61 Å². The molecular formula is C15H24O2. The van der Waals surface area contributed by atoms with Gasteiger partial charge >= 0.3 is 0 Å². The van der Waals surface area contributed by atoms with Gasteiger partial charge < -0.3 is 9.84 Å². The molecule has 0 bridgehead atoms. The van der Waals surface area contributed by atoms with Crippen molar-refractivity contribution in [1.29, 1.82) is 0 Å². The van der Waals surface area contributed by atoms with Crippen molar-refractivity contribution in [2.45, 2.75) is 52.7 Å². The lowest BCUT2D eigenvalue weighted by Crippen LogP contribution is -2.36. The van der Waals surface area contributed by atoms with Crippen molar-refractivity contribution in [3.05, 3.63) is 34.9 Å². The van der Waals surface area contributed by atoms with Gasteiger partial charge in [-0.1, -0.05) is 30.7 Å². The fourth-order valence-electron chi connectivity index (χ4n) is 2.09. The van der Waals surface area contributed by atoms with Gasteiger partial charge in [-0.3, -0.25) is 0 Å². The number of aliphatic hydroxyl groups excluding tert-OH is 1. The largest absolute Gasteiger partial charge is 0.385 e. The minimum absolute atomic E-state index is 0.507. The fourth-order valence-corrected chi connectivity index (χ4v) is 2.09. The summed E-state index contributed by atoms with van der Waals surface area (Å²) in [7, 11) is 0. The van der Waals surface area contributed by atoms with Gasteiger partial charge in [0.05, 0.1) is 5.60 Å². The quantitative estimate of drug-likeness (QED) is 0.847.